The molecule has 2 aliphatic rings. The van der Waals surface area contributed by atoms with Gasteiger partial charge in [0.2, 0.25) is 0 Å². The predicted octanol–water partition coefficient (Wildman–Crippen LogP) is 3.32. The van der Waals surface area contributed by atoms with Crippen molar-refractivity contribution in [1.29, 1.82) is 0 Å². The molecule has 1 saturated carbocycles. The Hall–Kier alpha value is -0.820. The van der Waals surface area contributed by atoms with Crippen molar-refractivity contribution in [2.75, 3.05) is 6.54 Å². The summed E-state index contributed by atoms with van der Waals surface area (Å²) in [5.41, 5.74) is 3.77. The third-order valence-corrected chi connectivity index (χ3v) is 4.98. The fourth-order valence-electron chi connectivity index (χ4n) is 3.40. The van der Waals surface area contributed by atoms with Gasteiger partial charge >= 0.3 is 0 Å². The van der Waals surface area contributed by atoms with E-state index in [2.05, 4.69) is 36.5 Å². The Balaban J connectivity index is 1.55. The molecule has 0 radical (unpaired) electrons. The van der Waals surface area contributed by atoms with Crippen LogP contribution >= 0.6 is 0 Å². The van der Waals surface area contributed by atoms with Gasteiger partial charge in [0.15, 0.2) is 0 Å². The smallest absolute Gasteiger partial charge is 0.0148 e. The number of hydrogen-bond acceptors (Lipinski definition) is 1. The fourth-order valence-corrected chi connectivity index (χ4v) is 3.40. The Morgan fingerprint density at radius 1 is 1.18 bits per heavy atom. The van der Waals surface area contributed by atoms with Crippen molar-refractivity contribution in [2.45, 2.75) is 51.5 Å². The SMILES string of the molecule is CCC1(CNC2Cc3ccccc3C2)CCC1. The summed E-state index contributed by atoms with van der Waals surface area (Å²) < 4.78 is 0. The van der Waals surface area contributed by atoms with Gasteiger partial charge in [0.05, 0.1) is 0 Å². The number of hydrogen-bond donors (Lipinski definition) is 1. The number of benzene rings is 1. The molecule has 17 heavy (non-hydrogen) atoms. The summed E-state index contributed by atoms with van der Waals surface area (Å²) in [6.07, 6.45) is 8.14. The van der Waals surface area contributed by atoms with Crippen molar-refractivity contribution in [3.05, 3.63) is 35.4 Å². The maximum absolute atomic E-state index is 3.82. The maximum Gasteiger partial charge on any atom is 0.0148 e. The normalized spacial score (nSPS) is 22.2. The van der Waals surface area contributed by atoms with E-state index in [0.717, 1.165) is 0 Å². The molecule has 0 atom stereocenters. The van der Waals surface area contributed by atoms with Crippen LogP contribution in [0, 0.1) is 5.41 Å². The second-order valence-electron chi connectivity index (χ2n) is 5.96. The van der Waals surface area contributed by atoms with Gasteiger partial charge in [0.1, 0.15) is 0 Å². The molecule has 1 heteroatoms. The van der Waals surface area contributed by atoms with Gasteiger partial charge in [-0.3, -0.25) is 0 Å². The standard InChI is InChI=1S/C16H23N/c1-2-16(8-5-9-16)12-17-15-10-13-6-3-4-7-14(13)11-15/h3-4,6-7,15,17H,2,5,8-12H2,1H3. The van der Waals surface area contributed by atoms with Gasteiger partial charge in [-0.05, 0) is 48.6 Å². The minimum atomic E-state index is 0.648. The lowest BCUT2D eigenvalue weighted by molar-refractivity contribution is 0.119. The third kappa shape index (κ3) is 2.13. The summed E-state index contributed by atoms with van der Waals surface area (Å²) in [4.78, 5) is 0. The van der Waals surface area contributed by atoms with Gasteiger partial charge < -0.3 is 5.32 Å². The monoisotopic (exact) mass is 229 g/mol. The van der Waals surface area contributed by atoms with Crippen molar-refractivity contribution in [3.63, 3.8) is 0 Å². The summed E-state index contributed by atoms with van der Waals surface area (Å²) in [5, 5.41) is 3.82. The molecule has 0 bridgehead atoms. The van der Waals surface area contributed by atoms with Crippen molar-refractivity contribution >= 4 is 0 Å². The first kappa shape index (κ1) is 11.3. The fraction of sp³-hybridized carbons (Fsp3) is 0.625. The van der Waals surface area contributed by atoms with Gasteiger partial charge in [-0.1, -0.05) is 37.6 Å². The molecule has 0 unspecified atom stereocenters. The van der Waals surface area contributed by atoms with Crippen molar-refractivity contribution < 1.29 is 0 Å². The number of fused-ring (bicyclic) bond motifs is 1. The molecule has 0 saturated heterocycles. The summed E-state index contributed by atoms with van der Waals surface area (Å²) in [6.45, 7) is 3.59. The summed E-state index contributed by atoms with van der Waals surface area (Å²) in [7, 11) is 0. The van der Waals surface area contributed by atoms with Gasteiger partial charge in [0, 0.05) is 12.6 Å². The Kier molecular flexibility index (Phi) is 2.96. The molecule has 0 heterocycles. The highest BCUT2D eigenvalue weighted by Crippen LogP contribution is 2.43. The van der Waals surface area contributed by atoms with Crippen LogP contribution in [0.2, 0.25) is 0 Å². The van der Waals surface area contributed by atoms with E-state index in [1.165, 1.54) is 45.1 Å². The average molecular weight is 229 g/mol. The first-order valence-electron chi connectivity index (χ1n) is 7.11. The van der Waals surface area contributed by atoms with Crippen LogP contribution in [0.25, 0.3) is 0 Å². The van der Waals surface area contributed by atoms with Crippen LogP contribution in [0.3, 0.4) is 0 Å². The number of rotatable bonds is 4. The van der Waals surface area contributed by atoms with Crippen LogP contribution in [0.5, 0.6) is 0 Å². The molecule has 0 spiro atoms. The molecule has 1 N–H and O–H groups in total. The molecule has 0 amide bonds. The molecule has 1 aromatic rings. The highest BCUT2D eigenvalue weighted by Gasteiger charge is 2.35. The molecule has 1 fully saturated rings. The zero-order valence-electron chi connectivity index (χ0n) is 10.8. The van der Waals surface area contributed by atoms with Crippen LogP contribution in [0.1, 0.15) is 43.7 Å². The van der Waals surface area contributed by atoms with E-state index in [1.54, 1.807) is 11.1 Å². The van der Waals surface area contributed by atoms with Crippen LogP contribution in [0.15, 0.2) is 24.3 Å². The minimum Gasteiger partial charge on any atom is -0.313 e. The molecule has 0 aromatic heterocycles. The molecular weight excluding hydrogens is 206 g/mol. The minimum absolute atomic E-state index is 0.648. The Labute approximate surface area is 105 Å². The lowest BCUT2D eigenvalue weighted by Gasteiger charge is -2.42. The molecule has 2 aliphatic carbocycles. The number of nitrogens with one attached hydrogen (secondary N) is 1. The van der Waals surface area contributed by atoms with E-state index in [-0.39, 0.29) is 0 Å². The lowest BCUT2D eigenvalue weighted by atomic mass is 9.67. The molecule has 3 rings (SSSR count). The van der Waals surface area contributed by atoms with E-state index < -0.39 is 0 Å². The second-order valence-corrected chi connectivity index (χ2v) is 5.96. The second kappa shape index (κ2) is 4.45. The zero-order valence-corrected chi connectivity index (χ0v) is 10.8. The van der Waals surface area contributed by atoms with Gasteiger partial charge in [-0.15, -0.1) is 0 Å². The van der Waals surface area contributed by atoms with Crippen LogP contribution in [0.4, 0.5) is 0 Å². The average Bonchev–Trinajstić information content (AvgIpc) is 2.71. The quantitative estimate of drug-likeness (QED) is 0.835. The Morgan fingerprint density at radius 2 is 1.82 bits per heavy atom. The molecule has 92 valence electrons. The van der Waals surface area contributed by atoms with E-state index >= 15 is 0 Å². The Morgan fingerprint density at radius 3 is 2.29 bits per heavy atom. The zero-order chi connectivity index (χ0) is 11.7. The maximum atomic E-state index is 3.82. The van der Waals surface area contributed by atoms with Crippen molar-refractivity contribution in [2.24, 2.45) is 5.41 Å². The third-order valence-electron chi connectivity index (χ3n) is 4.98. The summed E-state index contributed by atoms with van der Waals surface area (Å²) >= 11 is 0. The van der Waals surface area contributed by atoms with E-state index in [4.69, 9.17) is 0 Å². The highest BCUT2D eigenvalue weighted by molar-refractivity contribution is 5.33. The van der Waals surface area contributed by atoms with E-state index in [1.807, 2.05) is 0 Å². The predicted molar refractivity (Wildman–Crippen MR) is 72.2 cm³/mol. The van der Waals surface area contributed by atoms with Crippen LogP contribution in [-0.4, -0.2) is 12.6 Å². The largest absolute Gasteiger partial charge is 0.313 e. The molecular formula is C16H23N. The summed E-state index contributed by atoms with van der Waals surface area (Å²) in [5.74, 6) is 0. The van der Waals surface area contributed by atoms with E-state index in [9.17, 15) is 0 Å². The van der Waals surface area contributed by atoms with Crippen molar-refractivity contribution in [3.8, 4) is 0 Å². The van der Waals surface area contributed by atoms with E-state index in [0.29, 0.717) is 11.5 Å². The van der Waals surface area contributed by atoms with Crippen molar-refractivity contribution in [1.82, 2.24) is 5.32 Å². The molecule has 0 aliphatic heterocycles. The topological polar surface area (TPSA) is 12.0 Å². The van der Waals surface area contributed by atoms with Gasteiger partial charge in [-0.25, -0.2) is 0 Å². The first-order valence-corrected chi connectivity index (χ1v) is 7.11. The highest BCUT2D eigenvalue weighted by atomic mass is 14.9. The van der Waals surface area contributed by atoms with Crippen LogP contribution < -0.4 is 5.32 Å². The molecule has 1 aromatic carbocycles. The summed E-state index contributed by atoms with van der Waals surface area (Å²) in [6, 6.07) is 9.60. The van der Waals surface area contributed by atoms with Crippen LogP contribution in [-0.2, 0) is 12.8 Å². The van der Waals surface area contributed by atoms with Gasteiger partial charge in [0.25, 0.3) is 0 Å². The Bertz CT molecular complexity index is 362. The first-order chi connectivity index (χ1) is 8.31. The molecule has 1 nitrogen and oxygen atoms in total. The lowest BCUT2D eigenvalue weighted by Crippen LogP contribution is -2.43. The van der Waals surface area contributed by atoms with Gasteiger partial charge in [-0.2, -0.15) is 0 Å².